The summed E-state index contributed by atoms with van der Waals surface area (Å²) in [5, 5.41) is 0.533. The van der Waals surface area contributed by atoms with Crippen LogP contribution in [0.2, 0.25) is 10.0 Å². The number of ether oxygens (including phenoxy) is 1. The van der Waals surface area contributed by atoms with Crippen molar-refractivity contribution >= 4 is 52.3 Å². The number of rotatable bonds is 6. The molecule has 0 aliphatic heterocycles. The van der Waals surface area contributed by atoms with Crippen LogP contribution in [0.4, 0.5) is 13.2 Å². The van der Waals surface area contributed by atoms with Crippen molar-refractivity contribution in [2.75, 3.05) is 6.61 Å². The van der Waals surface area contributed by atoms with Gasteiger partial charge in [0.15, 0.2) is 5.01 Å². The van der Waals surface area contributed by atoms with Crippen molar-refractivity contribution in [3.8, 4) is 27.4 Å². The highest BCUT2D eigenvalue weighted by Gasteiger charge is 2.27. The molecule has 3 nitrogen and oxygen atoms in total. The van der Waals surface area contributed by atoms with Crippen LogP contribution in [-0.4, -0.2) is 22.9 Å². The maximum absolute atomic E-state index is 12.2. The molecule has 3 rings (SSSR count). The standard InChI is InChI=1S/C19H12Cl2F3NO2S2/c20-11-3-6-13(14(21)9-11)15-16(29-17(25-15)18(26)28)10-1-4-12(5-2-10)27-8-7-19(22,23)24/h1-6,9H,7-8H2,(H,26,28). The van der Waals surface area contributed by atoms with E-state index in [0.717, 1.165) is 11.3 Å². The van der Waals surface area contributed by atoms with Crippen LogP contribution in [0, 0.1) is 0 Å². The van der Waals surface area contributed by atoms with Gasteiger partial charge in [0.2, 0.25) is 5.12 Å². The normalized spacial score (nSPS) is 11.5. The summed E-state index contributed by atoms with van der Waals surface area (Å²) >= 11 is 17.2. The molecule has 0 radical (unpaired) electrons. The summed E-state index contributed by atoms with van der Waals surface area (Å²) < 4.78 is 41.8. The van der Waals surface area contributed by atoms with Gasteiger partial charge in [0.25, 0.3) is 0 Å². The molecule has 0 spiro atoms. The number of nitrogens with zero attached hydrogens (tertiary/aromatic N) is 1. The Morgan fingerprint density at radius 1 is 1.14 bits per heavy atom. The summed E-state index contributed by atoms with van der Waals surface area (Å²) in [7, 11) is 0. The first-order valence-corrected chi connectivity index (χ1v) is 10.2. The number of carbonyl (C=O) groups excluding carboxylic acids is 1. The molecule has 0 atom stereocenters. The fourth-order valence-corrected chi connectivity index (χ4v) is 4.07. The van der Waals surface area contributed by atoms with Crippen LogP contribution in [0.25, 0.3) is 21.7 Å². The van der Waals surface area contributed by atoms with Crippen LogP contribution in [0.5, 0.6) is 5.75 Å². The van der Waals surface area contributed by atoms with E-state index in [-0.39, 0.29) is 5.01 Å². The second kappa shape index (κ2) is 8.95. The topological polar surface area (TPSA) is 39.2 Å². The zero-order valence-electron chi connectivity index (χ0n) is 14.5. The highest BCUT2D eigenvalue weighted by molar-refractivity contribution is 7.97. The van der Waals surface area contributed by atoms with Crippen LogP contribution < -0.4 is 4.74 Å². The fourth-order valence-electron chi connectivity index (χ4n) is 2.46. The Kier molecular flexibility index (Phi) is 6.78. The van der Waals surface area contributed by atoms with E-state index in [2.05, 4.69) is 17.6 Å². The Balaban J connectivity index is 1.92. The van der Waals surface area contributed by atoms with Crippen LogP contribution in [0.1, 0.15) is 16.2 Å². The molecule has 0 saturated heterocycles. The average Bonchev–Trinajstić information content (AvgIpc) is 3.06. The SMILES string of the molecule is O=C(S)c1nc(-c2ccc(Cl)cc2Cl)c(-c2ccc(OCCC(F)(F)F)cc2)s1. The molecule has 0 fully saturated rings. The lowest BCUT2D eigenvalue weighted by atomic mass is 10.1. The molecule has 10 heteroatoms. The van der Waals surface area contributed by atoms with Crippen molar-refractivity contribution in [2.24, 2.45) is 0 Å². The number of hydrogen-bond acceptors (Lipinski definition) is 4. The number of thiazole rings is 1. The van der Waals surface area contributed by atoms with Gasteiger partial charge in [0.1, 0.15) is 5.75 Å². The number of alkyl halides is 3. The van der Waals surface area contributed by atoms with Crippen molar-refractivity contribution in [3.05, 3.63) is 57.5 Å². The summed E-state index contributed by atoms with van der Waals surface area (Å²) in [4.78, 5) is 16.7. The van der Waals surface area contributed by atoms with Gasteiger partial charge in [-0.1, -0.05) is 35.8 Å². The highest BCUT2D eigenvalue weighted by Crippen LogP contribution is 2.41. The Hall–Kier alpha value is -1.74. The van der Waals surface area contributed by atoms with E-state index in [0.29, 0.717) is 37.5 Å². The molecule has 0 amide bonds. The zero-order chi connectivity index (χ0) is 21.2. The Labute approximate surface area is 183 Å². The summed E-state index contributed by atoms with van der Waals surface area (Å²) in [6.45, 7) is -0.465. The van der Waals surface area contributed by atoms with Crippen LogP contribution in [0.15, 0.2) is 42.5 Å². The van der Waals surface area contributed by atoms with E-state index in [1.807, 2.05) is 0 Å². The van der Waals surface area contributed by atoms with Crippen molar-refractivity contribution in [2.45, 2.75) is 12.6 Å². The van der Waals surface area contributed by atoms with Gasteiger partial charge in [-0.25, -0.2) is 4.98 Å². The van der Waals surface area contributed by atoms with Crippen LogP contribution >= 0.6 is 47.2 Å². The molecule has 1 heterocycles. The fraction of sp³-hybridized carbons (Fsp3) is 0.158. The molecular formula is C19H12Cl2F3NO2S2. The third-order valence-electron chi connectivity index (χ3n) is 3.77. The molecule has 29 heavy (non-hydrogen) atoms. The number of thiol groups is 1. The van der Waals surface area contributed by atoms with Gasteiger partial charge in [-0.05, 0) is 48.0 Å². The van der Waals surface area contributed by atoms with Crippen molar-refractivity contribution in [1.82, 2.24) is 4.98 Å². The lowest BCUT2D eigenvalue weighted by Gasteiger charge is -2.09. The highest BCUT2D eigenvalue weighted by atomic mass is 35.5. The second-order valence-electron chi connectivity index (χ2n) is 5.86. The minimum atomic E-state index is -4.27. The average molecular weight is 478 g/mol. The molecule has 0 aliphatic rings. The summed E-state index contributed by atoms with van der Waals surface area (Å²) in [6, 6.07) is 11.4. The summed E-state index contributed by atoms with van der Waals surface area (Å²) in [5.74, 6) is 0.305. The minimum Gasteiger partial charge on any atom is -0.493 e. The van der Waals surface area contributed by atoms with E-state index in [4.69, 9.17) is 27.9 Å². The maximum Gasteiger partial charge on any atom is 0.392 e. The monoisotopic (exact) mass is 477 g/mol. The van der Waals surface area contributed by atoms with Gasteiger partial charge in [0, 0.05) is 10.6 Å². The first-order chi connectivity index (χ1) is 13.6. The van der Waals surface area contributed by atoms with Crippen molar-refractivity contribution in [3.63, 3.8) is 0 Å². The first kappa shape index (κ1) is 22.0. The number of halogens is 5. The van der Waals surface area contributed by atoms with E-state index in [9.17, 15) is 18.0 Å². The molecule has 2 aromatic carbocycles. The molecule has 1 aromatic heterocycles. The van der Waals surface area contributed by atoms with Gasteiger partial charge in [-0.3, -0.25) is 4.79 Å². The molecule has 0 unspecified atom stereocenters. The Morgan fingerprint density at radius 2 is 1.83 bits per heavy atom. The van der Waals surface area contributed by atoms with Gasteiger partial charge >= 0.3 is 6.18 Å². The molecule has 152 valence electrons. The summed E-state index contributed by atoms with van der Waals surface area (Å²) in [6.07, 6.45) is -5.30. The number of hydrogen-bond donors (Lipinski definition) is 1. The summed E-state index contributed by atoms with van der Waals surface area (Å²) in [5.41, 5.74) is 1.78. The molecular weight excluding hydrogens is 466 g/mol. The Bertz CT molecular complexity index is 1040. The molecule has 0 aliphatic carbocycles. The smallest absolute Gasteiger partial charge is 0.392 e. The number of carbonyl (C=O) groups is 1. The molecule has 0 N–H and O–H groups in total. The molecule has 0 saturated carbocycles. The number of benzene rings is 2. The first-order valence-electron chi connectivity index (χ1n) is 8.13. The maximum atomic E-state index is 12.2. The van der Waals surface area contributed by atoms with Crippen LogP contribution in [0.3, 0.4) is 0 Å². The van der Waals surface area contributed by atoms with Crippen molar-refractivity contribution < 1.29 is 22.7 Å². The lowest BCUT2D eigenvalue weighted by molar-refractivity contribution is -0.139. The molecule has 0 bridgehead atoms. The van der Waals surface area contributed by atoms with Crippen LogP contribution in [-0.2, 0) is 0 Å². The van der Waals surface area contributed by atoms with E-state index < -0.39 is 24.3 Å². The molecule has 3 aromatic rings. The number of aromatic nitrogens is 1. The van der Waals surface area contributed by atoms with E-state index in [1.54, 1.807) is 42.5 Å². The van der Waals surface area contributed by atoms with E-state index >= 15 is 0 Å². The zero-order valence-corrected chi connectivity index (χ0v) is 17.7. The Morgan fingerprint density at radius 3 is 2.41 bits per heavy atom. The van der Waals surface area contributed by atoms with Crippen molar-refractivity contribution in [1.29, 1.82) is 0 Å². The van der Waals surface area contributed by atoms with E-state index in [1.165, 1.54) is 0 Å². The largest absolute Gasteiger partial charge is 0.493 e. The lowest BCUT2D eigenvalue weighted by Crippen LogP contribution is -2.12. The minimum absolute atomic E-state index is 0.190. The second-order valence-corrected chi connectivity index (χ2v) is 8.11. The predicted octanol–water partition coefficient (Wildman–Crippen LogP) is 7.19. The van der Waals surface area contributed by atoms with Gasteiger partial charge in [0.05, 0.1) is 28.6 Å². The van der Waals surface area contributed by atoms with Gasteiger partial charge in [-0.15, -0.1) is 11.3 Å². The quantitative estimate of drug-likeness (QED) is 0.382. The predicted molar refractivity (Wildman–Crippen MR) is 112 cm³/mol. The third-order valence-corrected chi connectivity index (χ3v) is 5.78. The van der Waals surface area contributed by atoms with Gasteiger partial charge in [-0.2, -0.15) is 13.2 Å². The van der Waals surface area contributed by atoms with Gasteiger partial charge < -0.3 is 4.74 Å². The third kappa shape index (κ3) is 5.66.